The number of fused-ring (bicyclic) bond motifs is 1. The van der Waals surface area contributed by atoms with Crippen molar-refractivity contribution < 1.29 is 18.9 Å². The van der Waals surface area contributed by atoms with Crippen LogP contribution in [0, 0.1) is 0 Å². The number of unbranched alkanes of at least 4 members (excludes halogenated alkanes) is 9. The Labute approximate surface area is 170 Å². The zero-order valence-corrected chi connectivity index (χ0v) is 18.1. The Bertz CT molecular complexity index is 496. The van der Waals surface area contributed by atoms with Gasteiger partial charge in [0, 0.05) is 11.5 Å². The van der Waals surface area contributed by atoms with Crippen LogP contribution in [0.25, 0.3) is 10.4 Å². The van der Waals surface area contributed by atoms with Crippen LogP contribution in [0.2, 0.25) is 0 Å². The van der Waals surface area contributed by atoms with Crippen LogP contribution < -0.4 is 0 Å². The summed E-state index contributed by atoms with van der Waals surface area (Å²) in [6.45, 7) is 8.52. The summed E-state index contributed by atoms with van der Waals surface area (Å²) >= 11 is 0. The molecule has 0 aromatic heterocycles. The van der Waals surface area contributed by atoms with Gasteiger partial charge < -0.3 is 18.9 Å². The van der Waals surface area contributed by atoms with Gasteiger partial charge in [-0.05, 0) is 25.8 Å². The van der Waals surface area contributed by atoms with Gasteiger partial charge in [0.25, 0.3) is 0 Å². The van der Waals surface area contributed by atoms with Gasteiger partial charge >= 0.3 is 0 Å². The number of hydrogen-bond acceptors (Lipinski definition) is 5. The van der Waals surface area contributed by atoms with E-state index in [2.05, 4.69) is 16.9 Å². The Morgan fingerprint density at radius 1 is 0.964 bits per heavy atom. The largest absolute Gasteiger partial charge is 0.350 e. The predicted molar refractivity (Wildman–Crippen MR) is 109 cm³/mol. The monoisotopic (exact) mass is 397 g/mol. The average Bonchev–Trinajstić information content (AvgIpc) is 3.13. The molecule has 7 nitrogen and oxygen atoms in total. The maximum absolute atomic E-state index is 8.72. The van der Waals surface area contributed by atoms with Crippen LogP contribution in [-0.4, -0.2) is 43.0 Å². The molecule has 28 heavy (non-hydrogen) atoms. The van der Waals surface area contributed by atoms with Crippen molar-refractivity contribution >= 4 is 0 Å². The summed E-state index contributed by atoms with van der Waals surface area (Å²) in [4.78, 5) is 2.90. The molecule has 2 aliphatic heterocycles. The highest BCUT2D eigenvalue weighted by Crippen LogP contribution is 2.40. The summed E-state index contributed by atoms with van der Waals surface area (Å²) < 4.78 is 23.9. The average molecular weight is 398 g/mol. The highest BCUT2D eigenvalue weighted by atomic mass is 16.8. The summed E-state index contributed by atoms with van der Waals surface area (Å²) in [6.07, 6.45) is 11.6. The number of ether oxygens (including phenoxy) is 4. The molecule has 0 radical (unpaired) electrons. The Morgan fingerprint density at radius 3 is 2.14 bits per heavy atom. The van der Waals surface area contributed by atoms with E-state index < -0.39 is 12.1 Å². The molecule has 2 rings (SSSR count). The summed E-state index contributed by atoms with van der Waals surface area (Å²) in [5, 5.41) is 3.78. The fourth-order valence-corrected chi connectivity index (χ4v) is 4.05. The molecule has 162 valence electrons. The molecule has 0 unspecified atom stereocenters. The van der Waals surface area contributed by atoms with E-state index in [1.54, 1.807) is 0 Å². The molecule has 2 aliphatic rings. The van der Waals surface area contributed by atoms with Gasteiger partial charge in [-0.1, -0.05) is 76.7 Å². The number of rotatable bonds is 14. The van der Waals surface area contributed by atoms with Crippen molar-refractivity contribution in [2.75, 3.05) is 6.61 Å². The van der Waals surface area contributed by atoms with E-state index in [-0.39, 0.29) is 24.4 Å². The molecule has 5 atom stereocenters. The van der Waals surface area contributed by atoms with Crippen molar-refractivity contribution in [2.24, 2.45) is 5.11 Å². The van der Waals surface area contributed by atoms with Crippen molar-refractivity contribution in [1.82, 2.24) is 0 Å². The predicted octanol–water partition coefficient (Wildman–Crippen LogP) is 5.87. The number of azide groups is 1. The standard InChI is InChI=1S/C21H39N3O4/c1-5-6-7-8-9-10-11-12-13-14-15-25-20-19-18(27-21(3,4)28-19)17(26-20)16(2)23-24-22/h16-20H,5-15H2,1-4H3/t16-,17+,18-,19-,20-/m1/s1. The first-order valence-corrected chi connectivity index (χ1v) is 11.2. The first-order valence-electron chi connectivity index (χ1n) is 11.2. The molecule has 2 fully saturated rings. The van der Waals surface area contributed by atoms with Crippen molar-refractivity contribution in [3.8, 4) is 0 Å². The second kappa shape index (κ2) is 12.0. The minimum Gasteiger partial charge on any atom is -0.350 e. The molecule has 2 heterocycles. The molecule has 0 aromatic carbocycles. The highest BCUT2D eigenvalue weighted by Gasteiger charge is 2.56. The Kier molecular flexibility index (Phi) is 10.0. The molecule has 0 aliphatic carbocycles. The van der Waals surface area contributed by atoms with E-state index in [0.29, 0.717) is 6.61 Å². The first kappa shape index (κ1) is 23.4. The molecule has 0 bridgehead atoms. The maximum atomic E-state index is 8.72. The first-order chi connectivity index (χ1) is 13.5. The second-order valence-electron chi connectivity index (χ2n) is 8.53. The van der Waals surface area contributed by atoms with Crippen LogP contribution >= 0.6 is 0 Å². The molecular weight excluding hydrogens is 358 g/mol. The van der Waals surface area contributed by atoms with Crippen LogP contribution in [0.4, 0.5) is 0 Å². The lowest BCUT2D eigenvalue weighted by atomic mass is 10.1. The normalized spacial score (nSPS) is 29.4. The van der Waals surface area contributed by atoms with Crippen LogP contribution in [0.15, 0.2) is 5.11 Å². The van der Waals surface area contributed by atoms with Gasteiger partial charge in [-0.15, -0.1) is 0 Å². The summed E-state index contributed by atoms with van der Waals surface area (Å²) in [7, 11) is 0. The summed E-state index contributed by atoms with van der Waals surface area (Å²) in [6, 6.07) is -0.332. The zero-order chi connectivity index (χ0) is 20.4. The smallest absolute Gasteiger partial charge is 0.186 e. The molecule has 2 saturated heterocycles. The van der Waals surface area contributed by atoms with Crippen LogP contribution in [-0.2, 0) is 18.9 Å². The van der Waals surface area contributed by atoms with E-state index in [4.69, 9.17) is 24.5 Å². The third kappa shape index (κ3) is 7.20. The molecule has 0 amide bonds. The molecule has 7 heteroatoms. The SMILES string of the molecule is CCCCCCCCCCCCO[C@@H]1O[C@@H]([C@@H](C)N=[N+]=[N-])[C@H]2OC(C)(C)O[C@@H]12. The zero-order valence-electron chi connectivity index (χ0n) is 18.1. The Hall–Kier alpha value is -0.850. The van der Waals surface area contributed by atoms with Gasteiger partial charge in [-0.2, -0.15) is 0 Å². The van der Waals surface area contributed by atoms with Gasteiger partial charge in [0.1, 0.15) is 12.2 Å². The van der Waals surface area contributed by atoms with Crippen molar-refractivity contribution in [3.63, 3.8) is 0 Å². The van der Waals surface area contributed by atoms with Crippen LogP contribution in [0.3, 0.4) is 0 Å². The van der Waals surface area contributed by atoms with Crippen molar-refractivity contribution in [1.29, 1.82) is 0 Å². The van der Waals surface area contributed by atoms with Crippen LogP contribution in [0.1, 0.15) is 91.9 Å². The molecule has 0 spiro atoms. The molecule has 0 aromatic rings. The molecular formula is C21H39N3O4. The second-order valence-corrected chi connectivity index (χ2v) is 8.53. The third-order valence-electron chi connectivity index (χ3n) is 5.54. The molecule has 0 N–H and O–H groups in total. The maximum Gasteiger partial charge on any atom is 0.186 e. The Balaban J connectivity index is 1.63. The molecule has 0 saturated carbocycles. The lowest BCUT2D eigenvalue weighted by Crippen LogP contribution is -2.36. The highest BCUT2D eigenvalue weighted by molar-refractivity contribution is 4.98. The summed E-state index contributed by atoms with van der Waals surface area (Å²) in [5.41, 5.74) is 8.72. The van der Waals surface area contributed by atoms with Crippen molar-refractivity contribution in [3.05, 3.63) is 10.4 Å². The van der Waals surface area contributed by atoms with Gasteiger partial charge in [0.05, 0.1) is 12.1 Å². The Morgan fingerprint density at radius 2 is 1.54 bits per heavy atom. The van der Waals surface area contributed by atoms with Crippen LogP contribution in [0.5, 0.6) is 0 Å². The van der Waals surface area contributed by atoms with E-state index >= 15 is 0 Å². The quantitative estimate of drug-likeness (QED) is 0.159. The topological polar surface area (TPSA) is 85.7 Å². The minimum absolute atomic E-state index is 0.270. The van der Waals surface area contributed by atoms with E-state index in [9.17, 15) is 0 Å². The summed E-state index contributed by atoms with van der Waals surface area (Å²) in [5.74, 6) is -0.674. The van der Waals surface area contributed by atoms with E-state index in [1.807, 2.05) is 20.8 Å². The lowest BCUT2D eigenvalue weighted by Gasteiger charge is -2.25. The van der Waals surface area contributed by atoms with Gasteiger partial charge in [0.15, 0.2) is 12.1 Å². The van der Waals surface area contributed by atoms with E-state index in [1.165, 1.54) is 57.8 Å². The fourth-order valence-electron chi connectivity index (χ4n) is 4.05. The third-order valence-corrected chi connectivity index (χ3v) is 5.54. The lowest BCUT2D eigenvalue weighted by molar-refractivity contribution is -0.235. The number of hydrogen-bond donors (Lipinski definition) is 0. The van der Waals surface area contributed by atoms with E-state index in [0.717, 1.165) is 6.42 Å². The van der Waals surface area contributed by atoms with Gasteiger partial charge in [-0.3, -0.25) is 0 Å². The number of nitrogens with zero attached hydrogens (tertiary/aromatic N) is 3. The van der Waals surface area contributed by atoms with Gasteiger partial charge in [-0.25, -0.2) is 0 Å². The fraction of sp³-hybridized carbons (Fsp3) is 1.00. The van der Waals surface area contributed by atoms with Gasteiger partial charge in [0.2, 0.25) is 0 Å². The van der Waals surface area contributed by atoms with Crippen molar-refractivity contribution in [2.45, 2.75) is 128 Å². The minimum atomic E-state index is -0.674.